The Bertz CT molecular complexity index is 436. The van der Waals surface area contributed by atoms with Crippen molar-refractivity contribution in [2.75, 3.05) is 5.32 Å². The van der Waals surface area contributed by atoms with Crippen LogP contribution in [0.4, 0.5) is 19.0 Å². The fraction of sp³-hybridized carbons (Fsp3) is 0.583. The van der Waals surface area contributed by atoms with Gasteiger partial charge in [-0.05, 0) is 37.8 Å². The van der Waals surface area contributed by atoms with Crippen molar-refractivity contribution in [2.45, 2.75) is 44.3 Å². The summed E-state index contributed by atoms with van der Waals surface area (Å²) < 4.78 is 37.9. The van der Waals surface area contributed by atoms with Crippen LogP contribution in [0.1, 0.15) is 38.2 Å². The zero-order chi connectivity index (χ0) is 13.4. The molecule has 100 valence electrons. The molecule has 2 nitrogen and oxygen atoms in total. The van der Waals surface area contributed by atoms with Crippen LogP contribution in [-0.2, 0) is 6.18 Å². The Kier molecular flexibility index (Phi) is 3.45. The van der Waals surface area contributed by atoms with Crippen molar-refractivity contribution in [2.24, 2.45) is 0 Å². The summed E-state index contributed by atoms with van der Waals surface area (Å²) in [6.07, 6.45) is -0.532. The van der Waals surface area contributed by atoms with Gasteiger partial charge < -0.3 is 5.32 Å². The Morgan fingerprint density at radius 2 is 2.06 bits per heavy atom. The number of hydrogen-bond donors (Lipinski definition) is 1. The number of hydrogen-bond acceptors (Lipinski definition) is 2. The third kappa shape index (κ3) is 2.71. The molecule has 0 atom stereocenters. The molecule has 1 aromatic rings. The molecule has 0 radical (unpaired) electrons. The molecule has 1 aromatic heterocycles. The summed E-state index contributed by atoms with van der Waals surface area (Å²) >= 11 is 5.64. The minimum atomic E-state index is -4.40. The van der Waals surface area contributed by atoms with E-state index >= 15 is 0 Å². The monoisotopic (exact) mass is 278 g/mol. The fourth-order valence-electron chi connectivity index (χ4n) is 2.17. The zero-order valence-electron chi connectivity index (χ0n) is 9.94. The van der Waals surface area contributed by atoms with Gasteiger partial charge in [0.05, 0.1) is 5.56 Å². The Balaban J connectivity index is 2.26. The molecular formula is C12H14ClF3N2. The summed E-state index contributed by atoms with van der Waals surface area (Å²) in [4.78, 5) is 3.92. The Labute approximate surface area is 109 Å². The minimum absolute atomic E-state index is 0.111. The van der Waals surface area contributed by atoms with Gasteiger partial charge in [-0.25, -0.2) is 4.98 Å². The molecule has 1 heterocycles. The van der Waals surface area contributed by atoms with Crippen molar-refractivity contribution in [3.8, 4) is 0 Å². The third-order valence-electron chi connectivity index (χ3n) is 3.50. The number of alkyl halides is 3. The average Bonchev–Trinajstić information content (AvgIpc) is 2.21. The Morgan fingerprint density at radius 1 is 1.39 bits per heavy atom. The van der Waals surface area contributed by atoms with Gasteiger partial charge in [-0.15, -0.1) is 0 Å². The first-order valence-electron chi connectivity index (χ1n) is 5.88. The SMILES string of the molecule is CCC1(Nc2cc(C(F)(F)F)cc(Cl)n2)CCC1. The van der Waals surface area contributed by atoms with Crippen molar-refractivity contribution in [1.82, 2.24) is 4.98 Å². The van der Waals surface area contributed by atoms with Crippen molar-refractivity contribution >= 4 is 17.4 Å². The van der Waals surface area contributed by atoms with Gasteiger partial charge in [0.25, 0.3) is 0 Å². The zero-order valence-corrected chi connectivity index (χ0v) is 10.7. The van der Waals surface area contributed by atoms with Crippen molar-refractivity contribution in [3.63, 3.8) is 0 Å². The van der Waals surface area contributed by atoms with Gasteiger partial charge in [0.1, 0.15) is 11.0 Å². The number of nitrogens with one attached hydrogen (secondary N) is 1. The standard InChI is InChI=1S/C12H14ClF3N2/c1-2-11(4-3-5-11)18-10-7-8(12(14,15)16)6-9(13)17-10/h6-7H,2-5H2,1H3,(H,17,18). The van der Waals surface area contributed by atoms with Crippen LogP contribution in [0.2, 0.25) is 5.15 Å². The molecule has 0 saturated heterocycles. The molecule has 1 saturated carbocycles. The highest BCUT2D eigenvalue weighted by atomic mass is 35.5. The lowest BCUT2D eigenvalue weighted by molar-refractivity contribution is -0.137. The van der Waals surface area contributed by atoms with Crippen LogP contribution < -0.4 is 5.32 Å². The second kappa shape index (κ2) is 4.61. The molecule has 2 rings (SSSR count). The molecule has 18 heavy (non-hydrogen) atoms. The molecule has 0 amide bonds. The van der Waals surface area contributed by atoms with E-state index in [1.165, 1.54) is 0 Å². The van der Waals surface area contributed by atoms with Gasteiger partial charge in [0, 0.05) is 5.54 Å². The highest BCUT2D eigenvalue weighted by Gasteiger charge is 2.36. The summed E-state index contributed by atoms with van der Waals surface area (Å²) in [7, 11) is 0. The van der Waals surface area contributed by atoms with E-state index in [0.29, 0.717) is 0 Å². The van der Waals surface area contributed by atoms with Gasteiger partial charge in [0.2, 0.25) is 0 Å². The number of pyridine rings is 1. The summed E-state index contributed by atoms with van der Waals surface area (Å²) in [5.74, 6) is 0.205. The van der Waals surface area contributed by atoms with Crippen molar-refractivity contribution in [3.05, 3.63) is 22.8 Å². The van der Waals surface area contributed by atoms with Crippen LogP contribution >= 0.6 is 11.6 Å². The first kappa shape index (κ1) is 13.5. The van der Waals surface area contributed by atoms with E-state index in [-0.39, 0.29) is 16.5 Å². The highest BCUT2D eigenvalue weighted by Crippen LogP contribution is 2.39. The van der Waals surface area contributed by atoms with Crippen LogP contribution in [0.3, 0.4) is 0 Å². The van der Waals surface area contributed by atoms with Gasteiger partial charge in [-0.2, -0.15) is 13.2 Å². The minimum Gasteiger partial charge on any atom is -0.365 e. The number of nitrogens with zero attached hydrogens (tertiary/aromatic N) is 1. The van der Waals surface area contributed by atoms with E-state index in [1.54, 1.807) is 0 Å². The molecule has 0 unspecified atom stereocenters. The van der Waals surface area contributed by atoms with Gasteiger partial charge in [0.15, 0.2) is 0 Å². The topological polar surface area (TPSA) is 24.9 Å². The molecule has 1 fully saturated rings. The molecule has 6 heteroatoms. The summed E-state index contributed by atoms with van der Waals surface area (Å²) in [6, 6.07) is 1.85. The van der Waals surface area contributed by atoms with E-state index in [9.17, 15) is 13.2 Å². The first-order valence-corrected chi connectivity index (χ1v) is 6.25. The number of halogens is 4. The predicted octanol–water partition coefficient (Wildman–Crippen LogP) is 4.50. The Hall–Kier alpha value is -0.970. The van der Waals surface area contributed by atoms with Gasteiger partial charge in [-0.3, -0.25) is 0 Å². The normalized spacial score (nSPS) is 18.3. The molecule has 0 aromatic carbocycles. The lowest BCUT2D eigenvalue weighted by Gasteiger charge is -2.42. The van der Waals surface area contributed by atoms with E-state index < -0.39 is 11.7 Å². The van der Waals surface area contributed by atoms with E-state index in [2.05, 4.69) is 10.3 Å². The molecule has 0 spiro atoms. The van der Waals surface area contributed by atoms with Crippen LogP contribution in [0, 0.1) is 0 Å². The number of anilines is 1. The first-order chi connectivity index (χ1) is 8.35. The van der Waals surface area contributed by atoms with Crippen LogP contribution in [0.25, 0.3) is 0 Å². The molecule has 1 aliphatic carbocycles. The lowest BCUT2D eigenvalue weighted by atomic mass is 9.75. The Morgan fingerprint density at radius 3 is 2.50 bits per heavy atom. The summed E-state index contributed by atoms with van der Waals surface area (Å²) in [6.45, 7) is 2.02. The second-order valence-electron chi connectivity index (χ2n) is 4.67. The molecular weight excluding hydrogens is 265 g/mol. The maximum Gasteiger partial charge on any atom is 0.416 e. The number of rotatable bonds is 3. The van der Waals surface area contributed by atoms with E-state index in [1.807, 2.05) is 6.92 Å². The third-order valence-corrected chi connectivity index (χ3v) is 3.70. The molecule has 0 aliphatic heterocycles. The molecule has 1 N–H and O–H groups in total. The van der Waals surface area contributed by atoms with E-state index in [4.69, 9.17) is 11.6 Å². The molecule has 0 bridgehead atoms. The van der Waals surface area contributed by atoms with Crippen LogP contribution in [-0.4, -0.2) is 10.5 Å². The van der Waals surface area contributed by atoms with Crippen molar-refractivity contribution < 1.29 is 13.2 Å². The van der Waals surface area contributed by atoms with Gasteiger partial charge in [-0.1, -0.05) is 18.5 Å². The van der Waals surface area contributed by atoms with Crippen molar-refractivity contribution in [1.29, 1.82) is 0 Å². The quantitative estimate of drug-likeness (QED) is 0.824. The second-order valence-corrected chi connectivity index (χ2v) is 5.06. The average molecular weight is 279 g/mol. The molecule has 1 aliphatic rings. The van der Waals surface area contributed by atoms with Gasteiger partial charge >= 0.3 is 6.18 Å². The summed E-state index contributed by atoms with van der Waals surface area (Å²) in [5.41, 5.74) is -0.879. The van der Waals surface area contributed by atoms with Crippen LogP contribution in [0.15, 0.2) is 12.1 Å². The number of aromatic nitrogens is 1. The maximum atomic E-state index is 12.6. The highest BCUT2D eigenvalue weighted by molar-refractivity contribution is 6.29. The lowest BCUT2D eigenvalue weighted by Crippen LogP contribution is -2.44. The van der Waals surface area contributed by atoms with E-state index in [0.717, 1.165) is 37.8 Å². The predicted molar refractivity (Wildman–Crippen MR) is 64.7 cm³/mol. The maximum absolute atomic E-state index is 12.6. The largest absolute Gasteiger partial charge is 0.416 e. The smallest absolute Gasteiger partial charge is 0.365 e. The summed E-state index contributed by atoms with van der Waals surface area (Å²) in [5, 5.41) is 2.96. The van der Waals surface area contributed by atoms with Crippen LogP contribution in [0.5, 0.6) is 0 Å². The fourth-order valence-corrected chi connectivity index (χ4v) is 2.38.